The van der Waals surface area contributed by atoms with E-state index >= 15 is 0 Å². The van der Waals surface area contributed by atoms with Gasteiger partial charge in [-0.15, -0.1) is 11.3 Å². The molecule has 1 aliphatic heterocycles. The van der Waals surface area contributed by atoms with Gasteiger partial charge in [0.2, 0.25) is 15.9 Å². The Balaban J connectivity index is 1.43. The first kappa shape index (κ1) is 25.1. The lowest BCUT2D eigenvalue weighted by atomic mass is 9.87. The summed E-state index contributed by atoms with van der Waals surface area (Å²) in [5.41, 5.74) is 2.82. The SMILES string of the molecule is CC(C)(C)c1ccc(S(=O)(=O)N(CC(=O)N2CCc3sccc3C2c2ccc(F)cc2)C2CC2)cc1. The lowest BCUT2D eigenvalue weighted by Crippen LogP contribution is -2.47. The molecule has 1 unspecified atom stereocenters. The van der Waals surface area contributed by atoms with Crippen LogP contribution in [0.3, 0.4) is 0 Å². The maximum Gasteiger partial charge on any atom is 0.243 e. The van der Waals surface area contributed by atoms with Crippen LogP contribution in [0.5, 0.6) is 0 Å². The van der Waals surface area contributed by atoms with Gasteiger partial charge in [-0.3, -0.25) is 4.79 Å². The number of carbonyl (C=O) groups is 1. The summed E-state index contributed by atoms with van der Waals surface area (Å²) >= 11 is 1.66. The van der Waals surface area contributed by atoms with E-state index < -0.39 is 10.0 Å². The number of nitrogens with zero attached hydrogens (tertiary/aromatic N) is 2. The molecule has 190 valence electrons. The van der Waals surface area contributed by atoms with Crippen LogP contribution in [0.2, 0.25) is 0 Å². The number of benzene rings is 2. The van der Waals surface area contributed by atoms with Crippen LogP contribution in [0.4, 0.5) is 4.39 Å². The highest BCUT2D eigenvalue weighted by Gasteiger charge is 2.42. The summed E-state index contributed by atoms with van der Waals surface area (Å²) in [6.07, 6.45) is 2.23. The van der Waals surface area contributed by atoms with Gasteiger partial charge >= 0.3 is 0 Å². The van der Waals surface area contributed by atoms with E-state index in [4.69, 9.17) is 0 Å². The van der Waals surface area contributed by atoms with E-state index in [9.17, 15) is 17.6 Å². The van der Waals surface area contributed by atoms with E-state index in [1.54, 1.807) is 40.5 Å². The molecule has 3 aromatic rings. The summed E-state index contributed by atoms with van der Waals surface area (Å²) in [7, 11) is -3.83. The van der Waals surface area contributed by atoms with Crippen LogP contribution in [-0.2, 0) is 26.7 Å². The van der Waals surface area contributed by atoms with Gasteiger partial charge in [-0.2, -0.15) is 4.31 Å². The molecule has 1 aromatic heterocycles. The molecule has 2 aromatic carbocycles. The highest BCUT2D eigenvalue weighted by Crippen LogP contribution is 2.39. The minimum absolute atomic E-state index is 0.0847. The third kappa shape index (κ3) is 4.86. The Morgan fingerprint density at radius 1 is 1.06 bits per heavy atom. The monoisotopic (exact) mass is 526 g/mol. The zero-order valence-electron chi connectivity index (χ0n) is 20.8. The van der Waals surface area contributed by atoms with Crippen LogP contribution in [0.1, 0.15) is 61.2 Å². The van der Waals surface area contributed by atoms with Crippen molar-refractivity contribution in [3.05, 3.63) is 87.4 Å². The van der Waals surface area contributed by atoms with Gasteiger partial charge in [0.05, 0.1) is 17.5 Å². The number of amides is 1. The Kier molecular flexibility index (Phi) is 6.55. The lowest BCUT2D eigenvalue weighted by molar-refractivity contribution is -0.133. The fourth-order valence-corrected chi connectivity index (χ4v) is 7.39. The molecule has 5 nitrogen and oxygen atoms in total. The van der Waals surface area contributed by atoms with Crippen molar-refractivity contribution < 1.29 is 17.6 Å². The molecule has 36 heavy (non-hydrogen) atoms. The topological polar surface area (TPSA) is 57.7 Å². The number of fused-ring (bicyclic) bond motifs is 1. The average molecular weight is 527 g/mol. The van der Waals surface area contributed by atoms with E-state index in [2.05, 4.69) is 20.8 Å². The van der Waals surface area contributed by atoms with Crippen LogP contribution in [-0.4, -0.2) is 42.7 Å². The second-order valence-corrected chi connectivity index (χ2v) is 13.5. The molecule has 1 amide bonds. The Bertz CT molecular complexity index is 1360. The van der Waals surface area contributed by atoms with Gasteiger partial charge in [0.1, 0.15) is 5.82 Å². The number of thiophene rings is 1. The predicted molar refractivity (Wildman–Crippen MR) is 140 cm³/mol. The molecule has 5 rings (SSSR count). The molecule has 8 heteroatoms. The highest BCUT2D eigenvalue weighted by atomic mass is 32.2. The first-order valence-electron chi connectivity index (χ1n) is 12.3. The third-order valence-corrected chi connectivity index (χ3v) is 9.95. The smallest absolute Gasteiger partial charge is 0.243 e. The number of hydrogen-bond acceptors (Lipinski definition) is 4. The Morgan fingerprint density at radius 2 is 1.72 bits per heavy atom. The van der Waals surface area contributed by atoms with Crippen LogP contribution in [0, 0.1) is 5.82 Å². The Labute approximate surface area is 216 Å². The molecule has 0 bridgehead atoms. The van der Waals surface area contributed by atoms with Gasteiger partial charge in [-0.05, 0) is 77.1 Å². The Hall–Kier alpha value is -2.55. The van der Waals surface area contributed by atoms with Gasteiger partial charge in [0, 0.05) is 17.5 Å². The van der Waals surface area contributed by atoms with Crippen LogP contribution in [0.25, 0.3) is 0 Å². The summed E-state index contributed by atoms with van der Waals surface area (Å²) in [6, 6.07) is 14.7. The summed E-state index contributed by atoms with van der Waals surface area (Å²) in [6.45, 7) is 6.54. The van der Waals surface area contributed by atoms with Gasteiger partial charge < -0.3 is 4.90 Å². The second-order valence-electron chi connectivity index (χ2n) is 10.6. The molecule has 2 heterocycles. The number of rotatable bonds is 6. The first-order chi connectivity index (χ1) is 17.1. The highest BCUT2D eigenvalue weighted by molar-refractivity contribution is 7.89. The molecule has 0 N–H and O–H groups in total. The van der Waals surface area contributed by atoms with Crippen molar-refractivity contribution in [1.29, 1.82) is 0 Å². The summed E-state index contributed by atoms with van der Waals surface area (Å²) in [5, 5.41) is 2.01. The van der Waals surface area contributed by atoms with E-state index in [0.29, 0.717) is 6.54 Å². The van der Waals surface area contributed by atoms with Crippen molar-refractivity contribution >= 4 is 27.3 Å². The minimum atomic E-state index is -3.83. The van der Waals surface area contributed by atoms with Crippen LogP contribution >= 0.6 is 11.3 Å². The molecule has 0 saturated heterocycles. The zero-order valence-corrected chi connectivity index (χ0v) is 22.4. The maximum absolute atomic E-state index is 13.7. The normalized spacial score (nSPS) is 18.4. The van der Waals surface area contributed by atoms with E-state index in [-0.39, 0.29) is 40.7 Å². The van der Waals surface area contributed by atoms with Crippen molar-refractivity contribution in [2.75, 3.05) is 13.1 Å². The number of carbonyl (C=O) groups excluding carboxylic acids is 1. The average Bonchev–Trinajstić information content (AvgIpc) is 3.57. The Morgan fingerprint density at radius 3 is 2.33 bits per heavy atom. The predicted octanol–water partition coefficient (Wildman–Crippen LogP) is 5.51. The quantitative estimate of drug-likeness (QED) is 0.426. The fourth-order valence-electron chi connectivity index (χ4n) is 4.85. The molecule has 1 saturated carbocycles. The maximum atomic E-state index is 13.7. The molecule has 1 fully saturated rings. The third-order valence-electron chi connectivity index (χ3n) is 7.04. The van der Waals surface area contributed by atoms with Crippen molar-refractivity contribution in [2.45, 2.75) is 62.4 Å². The van der Waals surface area contributed by atoms with Crippen molar-refractivity contribution in [3.8, 4) is 0 Å². The van der Waals surface area contributed by atoms with Crippen molar-refractivity contribution in [2.24, 2.45) is 0 Å². The number of sulfonamides is 1. The van der Waals surface area contributed by atoms with Crippen LogP contribution in [0.15, 0.2) is 64.9 Å². The summed E-state index contributed by atoms with van der Waals surface area (Å²) in [4.78, 5) is 16.9. The molecular formula is C28H31FN2O3S2. The summed E-state index contributed by atoms with van der Waals surface area (Å²) in [5.74, 6) is -0.565. The number of hydrogen-bond donors (Lipinski definition) is 0. The van der Waals surface area contributed by atoms with E-state index in [0.717, 1.165) is 36.0 Å². The largest absolute Gasteiger partial charge is 0.330 e. The standard InChI is InChI=1S/C28H31FN2O3S2/c1-28(2,3)20-6-12-23(13-7-20)36(33,34)31(22-10-11-22)18-26(32)30-16-14-25-24(15-17-35-25)27(30)19-4-8-21(29)9-5-19/h4-9,12-13,15,17,22,27H,10-11,14,16,18H2,1-3H3. The van der Waals surface area contributed by atoms with E-state index in [1.165, 1.54) is 21.3 Å². The molecular weight excluding hydrogens is 495 g/mol. The molecule has 1 atom stereocenters. The molecule has 0 radical (unpaired) electrons. The summed E-state index contributed by atoms with van der Waals surface area (Å²) < 4.78 is 42.3. The molecule has 0 spiro atoms. The number of halogens is 1. The van der Waals surface area contributed by atoms with Crippen LogP contribution < -0.4 is 0 Å². The molecule has 1 aliphatic carbocycles. The van der Waals surface area contributed by atoms with Gasteiger partial charge in [0.25, 0.3) is 0 Å². The first-order valence-corrected chi connectivity index (χ1v) is 14.6. The lowest BCUT2D eigenvalue weighted by Gasteiger charge is -2.37. The van der Waals surface area contributed by atoms with Gasteiger partial charge in [0.15, 0.2) is 0 Å². The van der Waals surface area contributed by atoms with E-state index in [1.807, 2.05) is 23.6 Å². The minimum Gasteiger partial charge on any atom is -0.330 e. The molecule has 2 aliphatic rings. The van der Waals surface area contributed by atoms with Gasteiger partial charge in [-0.25, -0.2) is 12.8 Å². The second kappa shape index (κ2) is 9.39. The van der Waals surface area contributed by atoms with Gasteiger partial charge in [-0.1, -0.05) is 45.0 Å². The van der Waals surface area contributed by atoms with Crippen molar-refractivity contribution in [3.63, 3.8) is 0 Å². The fraction of sp³-hybridized carbons (Fsp3) is 0.393. The zero-order chi connectivity index (χ0) is 25.7. The van der Waals surface area contributed by atoms with Crippen molar-refractivity contribution in [1.82, 2.24) is 9.21 Å².